The van der Waals surface area contributed by atoms with Gasteiger partial charge >= 0.3 is 10.3 Å². The van der Waals surface area contributed by atoms with Crippen molar-refractivity contribution in [3.05, 3.63) is 78.4 Å². The summed E-state index contributed by atoms with van der Waals surface area (Å²) >= 11 is 0. The van der Waals surface area contributed by atoms with Gasteiger partial charge in [0.2, 0.25) is 0 Å². The first kappa shape index (κ1) is 14.9. The minimum absolute atomic E-state index is 0.244. The third-order valence-electron chi connectivity index (χ3n) is 4.03. The molecule has 120 valence electrons. The van der Waals surface area contributed by atoms with Crippen molar-refractivity contribution in [1.82, 2.24) is 4.72 Å². The van der Waals surface area contributed by atoms with Gasteiger partial charge in [0.1, 0.15) is 0 Å². The third-order valence-corrected chi connectivity index (χ3v) is 4.92. The summed E-state index contributed by atoms with van der Waals surface area (Å²) in [6.45, 7) is 0.244. The molecule has 1 heterocycles. The lowest BCUT2D eigenvalue weighted by Crippen LogP contribution is -2.32. The van der Waals surface area contributed by atoms with Crippen LogP contribution in [0.4, 0.5) is 0 Å². The maximum Gasteiger partial charge on any atom is 0.382 e. The fourth-order valence-electron chi connectivity index (χ4n) is 2.83. The molecular weight excluding hydrogens is 322 g/mol. The van der Waals surface area contributed by atoms with Gasteiger partial charge in [-0.15, -0.1) is 0 Å². The maximum absolute atomic E-state index is 11.7. The van der Waals surface area contributed by atoms with Gasteiger partial charge < -0.3 is 4.18 Å². The highest BCUT2D eigenvalue weighted by Gasteiger charge is 2.24. The molecule has 3 aromatic carbocycles. The minimum atomic E-state index is -3.73. The highest BCUT2D eigenvalue weighted by Crippen LogP contribution is 2.36. The summed E-state index contributed by atoms with van der Waals surface area (Å²) in [6, 6.07) is 23.8. The molecule has 0 unspecified atom stereocenters. The summed E-state index contributed by atoms with van der Waals surface area (Å²) in [5.41, 5.74) is 4.77. The first-order valence-electron chi connectivity index (χ1n) is 7.59. The summed E-state index contributed by atoms with van der Waals surface area (Å²) in [5.74, 6) is 0.406. The Morgan fingerprint density at radius 1 is 0.750 bits per heavy atom. The first-order chi connectivity index (χ1) is 11.6. The Bertz CT molecular complexity index is 981. The fraction of sp³-hybridized carbons (Fsp3) is 0.0526. The average Bonchev–Trinajstić information content (AvgIpc) is 2.61. The van der Waals surface area contributed by atoms with Crippen molar-refractivity contribution in [2.24, 2.45) is 0 Å². The van der Waals surface area contributed by atoms with E-state index in [9.17, 15) is 8.42 Å². The van der Waals surface area contributed by atoms with Crippen molar-refractivity contribution in [2.45, 2.75) is 6.54 Å². The molecule has 5 heteroatoms. The van der Waals surface area contributed by atoms with E-state index >= 15 is 0 Å². The average molecular weight is 337 g/mol. The maximum atomic E-state index is 11.7. The van der Waals surface area contributed by atoms with Crippen molar-refractivity contribution < 1.29 is 12.6 Å². The molecule has 0 spiro atoms. The normalized spacial score (nSPS) is 15.3. The smallest absolute Gasteiger partial charge is 0.370 e. The van der Waals surface area contributed by atoms with Gasteiger partial charge in [-0.1, -0.05) is 72.8 Å². The summed E-state index contributed by atoms with van der Waals surface area (Å²) in [4.78, 5) is 0. The summed E-state index contributed by atoms with van der Waals surface area (Å²) in [5, 5.41) is 0. The fourth-order valence-corrected chi connectivity index (χ4v) is 3.64. The second-order valence-corrected chi connectivity index (χ2v) is 6.96. The molecular formula is C19H15NO3S. The lowest BCUT2D eigenvalue weighted by Gasteiger charge is -2.20. The van der Waals surface area contributed by atoms with E-state index in [1.807, 2.05) is 60.7 Å². The second-order valence-electron chi connectivity index (χ2n) is 5.60. The number of fused-ring (bicyclic) bond motifs is 1. The summed E-state index contributed by atoms with van der Waals surface area (Å²) in [6.07, 6.45) is 0. The Hall–Kier alpha value is -2.63. The van der Waals surface area contributed by atoms with E-state index in [0.29, 0.717) is 5.75 Å². The van der Waals surface area contributed by atoms with E-state index in [-0.39, 0.29) is 6.54 Å². The van der Waals surface area contributed by atoms with Gasteiger partial charge in [-0.05, 0) is 16.7 Å². The molecule has 0 aromatic heterocycles. The molecule has 1 N–H and O–H groups in total. The zero-order valence-corrected chi connectivity index (χ0v) is 13.6. The van der Waals surface area contributed by atoms with Crippen LogP contribution in [0, 0.1) is 0 Å². The number of nitrogens with one attached hydrogen (secondary N) is 1. The molecule has 3 aromatic rings. The van der Waals surface area contributed by atoms with Crippen LogP contribution in [-0.2, 0) is 16.8 Å². The van der Waals surface area contributed by atoms with Gasteiger partial charge in [-0.3, -0.25) is 0 Å². The van der Waals surface area contributed by atoms with Crippen LogP contribution in [-0.4, -0.2) is 8.42 Å². The summed E-state index contributed by atoms with van der Waals surface area (Å²) < 4.78 is 31.0. The molecule has 4 nitrogen and oxygen atoms in total. The molecule has 0 radical (unpaired) electrons. The van der Waals surface area contributed by atoms with Crippen LogP contribution in [0.2, 0.25) is 0 Å². The number of para-hydroxylation sites is 1. The van der Waals surface area contributed by atoms with Crippen LogP contribution in [0.25, 0.3) is 22.3 Å². The van der Waals surface area contributed by atoms with Gasteiger partial charge in [0.05, 0.1) is 0 Å². The Morgan fingerprint density at radius 3 is 2.17 bits per heavy atom. The van der Waals surface area contributed by atoms with Crippen LogP contribution >= 0.6 is 0 Å². The third kappa shape index (κ3) is 2.79. The Balaban J connectivity index is 1.75. The van der Waals surface area contributed by atoms with Gasteiger partial charge in [-0.2, -0.15) is 13.1 Å². The van der Waals surface area contributed by atoms with E-state index < -0.39 is 10.3 Å². The highest BCUT2D eigenvalue weighted by atomic mass is 32.2. The van der Waals surface area contributed by atoms with Crippen molar-refractivity contribution in [2.75, 3.05) is 0 Å². The van der Waals surface area contributed by atoms with E-state index in [4.69, 9.17) is 4.18 Å². The number of hydrogen-bond donors (Lipinski definition) is 1. The Kier molecular flexibility index (Phi) is 3.59. The van der Waals surface area contributed by atoms with Crippen LogP contribution in [0.5, 0.6) is 5.75 Å². The Morgan fingerprint density at radius 2 is 1.42 bits per heavy atom. The quantitative estimate of drug-likeness (QED) is 0.775. The SMILES string of the molecule is O=S1(=O)NCc2cccc(-c3ccc(-c4ccccc4)cc3)c2O1. The first-order valence-corrected chi connectivity index (χ1v) is 9.00. The molecule has 0 fully saturated rings. The van der Waals surface area contributed by atoms with E-state index in [2.05, 4.69) is 16.9 Å². The largest absolute Gasteiger partial charge is 0.382 e. The molecule has 0 amide bonds. The predicted octanol–water partition coefficient (Wildman–Crippen LogP) is 3.75. The van der Waals surface area contributed by atoms with Gasteiger partial charge in [-0.25, -0.2) is 0 Å². The number of rotatable bonds is 2. The zero-order valence-electron chi connectivity index (χ0n) is 12.8. The van der Waals surface area contributed by atoms with Crippen molar-refractivity contribution in [1.29, 1.82) is 0 Å². The summed E-state index contributed by atoms with van der Waals surface area (Å²) in [7, 11) is -3.73. The second kappa shape index (κ2) is 5.78. The van der Waals surface area contributed by atoms with E-state index in [1.165, 1.54) is 0 Å². The van der Waals surface area contributed by atoms with Crippen LogP contribution < -0.4 is 8.91 Å². The van der Waals surface area contributed by atoms with E-state index in [1.54, 1.807) is 0 Å². The standard InChI is InChI=1S/C19H15NO3S/c21-24(22)20-13-17-7-4-8-18(19(17)23-24)16-11-9-15(10-12-16)14-5-2-1-3-6-14/h1-12,20H,13H2. The zero-order chi connectivity index (χ0) is 16.6. The van der Waals surface area contributed by atoms with E-state index in [0.717, 1.165) is 27.8 Å². The molecule has 0 aliphatic carbocycles. The molecule has 1 aliphatic heterocycles. The Labute approximate surface area is 141 Å². The molecule has 0 saturated heterocycles. The lowest BCUT2D eigenvalue weighted by atomic mass is 9.98. The van der Waals surface area contributed by atoms with Crippen molar-refractivity contribution in [3.63, 3.8) is 0 Å². The van der Waals surface area contributed by atoms with Crippen molar-refractivity contribution in [3.8, 4) is 28.0 Å². The van der Waals surface area contributed by atoms with Gasteiger partial charge in [0.25, 0.3) is 0 Å². The predicted molar refractivity (Wildman–Crippen MR) is 93.7 cm³/mol. The molecule has 24 heavy (non-hydrogen) atoms. The van der Waals surface area contributed by atoms with Crippen LogP contribution in [0.1, 0.15) is 5.56 Å². The number of benzene rings is 3. The number of hydrogen-bond acceptors (Lipinski definition) is 3. The minimum Gasteiger partial charge on any atom is -0.370 e. The van der Waals surface area contributed by atoms with Crippen molar-refractivity contribution >= 4 is 10.3 Å². The molecule has 0 atom stereocenters. The van der Waals surface area contributed by atoms with Crippen LogP contribution in [0.3, 0.4) is 0 Å². The highest BCUT2D eigenvalue weighted by molar-refractivity contribution is 7.85. The topological polar surface area (TPSA) is 55.4 Å². The molecule has 4 rings (SSSR count). The van der Waals surface area contributed by atoms with Gasteiger partial charge in [0, 0.05) is 17.7 Å². The lowest BCUT2D eigenvalue weighted by molar-refractivity contribution is 0.454. The van der Waals surface area contributed by atoms with Gasteiger partial charge in [0.15, 0.2) is 5.75 Å². The molecule has 0 bridgehead atoms. The molecule has 0 saturated carbocycles. The monoisotopic (exact) mass is 337 g/mol. The molecule has 1 aliphatic rings. The van der Waals surface area contributed by atoms with Crippen LogP contribution in [0.15, 0.2) is 72.8 Å².